The van der Waals surface area contributed by atoms with E-state index >= 15 is 0 Å². The Morgan fingerprint density at radius 1 is 1.12 bits per heavy atom. The van der Waals surface area contributed by atoms with Crippen LogP contribution in [0.25, 0.3) is 0 Å². The van der Waals surface area contributed by atoms with Gasteiger partial charge in [0.15, 0.2) is 11.5 Å². The van der Waals surface area contributed by atoms with Gasteiger partial charge in [0, 0.05) is 10.6 Å². The van der Waals surface area contributed by atoms with Crippen molar-refractivity contribution in [2.75, 3.05) is 19.5 Å². The smallest absolute Gasteiger partial charge is 0.261 e. The quantitative estimate of drug-likeness (QED) is 0.356. The van der Waals surface area contributed by atoms with Gasteiger partial charge < -0.3 is 9.47 Å². The highest BCUT2D eigenvalue weighted by Gasteiger charge is 2.26. The molecule has 34 heavy (non-hydrogen) atoms. The second kappa shape index (κ2) is 13.2. The lowest BCUT2D eigenvalue weighted by atomic mass is 10.1. The first-order valence-electron chi connectivity index (χ1n) is 10.6. The summed E-state index contributed by atoms with van der Waals surface area (Å²) >= 11 is 5.86. The van der Waals surface area contributed by atoms with E-state index in [9.17, 15) is 13.2 Å². The number of rotatable bonds is 11. The number of carbonyl (C=O) groups is 1. The molecule has 0 saturated heterocycles. The molecule has 2 rings (SSSR count). The summed E-state index contributed by atoms with van der Waals surface area (Å²) in [4.78, 5) is 17.7. The lowest BCUT2D eigenvalue weighted by molar-refractivity contribution is -0.137. The summed E-state index contributed by atoms with van der Waals surface area (Å²) in [5.41, 5.74) is 3.85. The second-order valence-corrected chi connectivity index (χ2v) is 10.1. The number of ether oxygens (including phenoxy) is 2. The molecule has 8 nitrogen and oxygen atoms in total. The molecule has 0 aromatic heterocycles. The standard InChI is InChI=1S/C24H29ClN2O6S/c1-5-34(29,30)27-23(17(2)3)24(28)26-33-16-19-10-13-21(22(15-19)31-4)32-14-6-7-18-8-11-20(25)12-9-18/h8-13,15,17,23,27H,5,14,16H2,1-4H3,(H,26,28). The molecule has 2 aromatic rings. The highest BCUT2D eigenvalue weighted by Crippen LogP contribution is 2.28. The van der Waals surface area contributed by atoms with Gasteiger partial charge in [0.05, 0.1) is 19.5 Å². The van der Waals surface area contributed by atoms with Crippen LogP contribution in [0.4, 0.5) is 0 Å². The average molecular weight is 509 g/mol. The third-order valence-electron chi connectivity index (χ3n) is 4.65. The Labute approximate surface area is 205 Å². The van der Waals surface area contributed by atoms with Crippen molar-refractivity contribution in [3.8, 4) is 23.3 Å². The molecule has 0 fully saturated rings. The molecule has 10 heteroatoms. The number of methoxy groups -OCH3 is 1. The van der Waals surface area contributed by atoms with Gasteiger partial charge in [-0.15, -0.1) is 0 Å². The fourth-order valence-corrected chi connectivity index (χ4v) is 3.79. The minimum absolute atomic E-state index is 0.0457. The zero-order valence-electron chi connectivity index (χ0n) is 19.6. The van der Waals surface area contributed by atoms with Crippen LogP contribution in [0, 0.1) is 17.8 Å². The molecule has 0 spiro atoms. The van der Waals surface area contributed by atoms with E-state index in [-0.39, 0.29) is 24.9 Å². The number of hydrogen-bond donors (Lipinski definition) is 2. The van der Waals surface area contributed by atoms with Gasteiger partial charge in [-0.3, -0.25) is 9.63 Å². The van der Waals surface area contributed by atoms with E-state index in [0.717, 1.165) is 5.56 Å². The Balaban J connectivity index is 1.91. The van der Waals surface area contributed by atoms with Crippen LogP contribution in [0.2, 0.25) is 5.02 Å². The number of benzene rings is 2. The second-order valence-electron chi connectivity index (χ2n) is 7.58. The zero-order valence-corrected chi connectivity index (χ0v) is 21.1. The van der Waals surface area contributed by atoms with E-state index in [1.54, 1.807) is 44.2 Å². The van der Waals surface area contributed by atoms with Crippen LogP contribution in [-0.4, -0.2) is 39.8 Å². The monoisotopic (exact) mass is 508 g/mol. The Morgan fingerprint density at radius 3 is 2.44 bits per heavy atom. The van der Waals surface area contributed by atoms with E-state index in [4.69, 9.17) is 25.9 Å². The first-order chi connectivity index (χ1) is 16.1. The molecular formula is C24H29ClN2O6S. The summed E-state index contributed by atoms with van der Waals surface area (Å²) in [5.74, 6) is 5.96. The largest absolute Gasteiger partial charge is 0.493 e. The molecule has 184 valence electrons. The van der Waals surface area contributed by atoms with Gasteiger partial charge in [-0.1, -0.05) is 43.4 Å². The van der Waals surface area contributed by atoms with E-state index in [1.165, 1.54) is 14.0 Å². The molecule has 0 radical (unpaired) electrons. The highest BCUT2D eigenvalue weighted by molar-refractivity contribution is 7.89. The molecule has 0 aliphatic carbocycles. The van der Waals surface area contributed by atoms with E-state index in [1.807, 2.05) is 12.1 Å². The zero-order chi connectivity index (χ0) is 25.1. The fraction of sp³-hybridized carbons (Fsp3) is 0.375. The van der Waals surface area contributed by atoms with Gasteiger partial charge in [-0.2, -0.15) is 0 Å². The normalized spacial score (nSPS) is 11.9. The number of carbonyl (C=O) groups excluding carboxylic acids is 1. The van der Waals surface area contributed by atoms with Gasteiger partial charge in [0.25, 0.3) is 5.91 Å². The first-order valence-corrected chi connectivity index (χ1v) is 12.6. The van der Waals surface area contributed by atoms with E-state index in [0.29, 0.717) is 22.1 Å². The molecule has 0 heterocycles. The summed E-state index contributed by atoms with van der Waals surface area (Å²) in [6.07, 6.45) is 0. The summed E-state index contributed by atoms with van der Waals surface area (Å²) in [7, 11) is -2.02. The van der Waals surface area contributed by atoms with Crippen molar-refractivity contribution in [3.63, 3.8) is 0 Å². The van der Waals surface area contributed by atoms with Crippen molar-refractivity contribution in [1.82, 2.24) is 10.2 Å². The number of hydrogen-bond acceptors (Lipinski definition) is 6. The topological polar surface area (TPSA) is 103 Å². The molecular weight excluding hydrogens is 480 g/mol. The molecule has 1 unspecified atom stereocenters. The Morgan fingerprint density at radius 2 is 1.82 bits per heavy atom. The van der Waals surface area contributed by atoms with Gasteiger partial charge >= 0.3 is 0 Å². The number of sulfonamides is 1. The van der Waals surface area contributed by atoms with Gasteiger partial charge in [0.1, 0.15) is 12.6 Å². The lowest BCUT2D eigenvalue weighted by Crippen LogP contribution is -2.49. The predicted molar refractivity (Wildman–Crippen MR) is 131 cm³/mol. The van der Waals surface area contributed by atoms with Crippen molar-refractivity contribution in [1.29, 1.82) is 0 Å². The molecule has 1 atom stereocenters. The summed E-state index contributed by atoms with van der Waals surface area (Å²) in [5, 5.41) is 0.649. The molecule has 0 aliphatic heterocycles. The summed E-state index contributed by atoms with van der Waals surface area (Å²) < 4.78 is 37.1. The fourth-order valence-electron chi connectivity index (χ4n) is 2.73. The van der Waals surface area contributed by atoms with Crippen LogP contribution in [0.1, 0.15) is 31.9 Å². The Bertz CT molecular complexity index is 1120. The van der Waals surface area contributed by atoms with Gasteiger partial charge in [-0.05, 0) is 54.8 Å². The Hall–Kier alpha value is -2.77. The van der Waals surface area contributed by atoms with Crippen molar-refractivity contribution in [2.24, 2.45) is 5.92 Å². The minimum atomic E-state index is -3.54. The van der Waals surface area contributed by atoms with Crippen LogP contribution in [0.5, 0.6) is 11.5 Å². The molecule has 1 amide bonds. The Kier molecular flexibility index (Phi) is 10.7. The summed E-state index contributed by atoms with van der Waals surface area (Å²) in [6, 6.07) is 11.4. The van der Waals surface area contributed by atoms with Crippen LogP contribution in [0.15, 0.2) is 42.5 Å². The van der Waals surface area contributed by atoms with Gasteiger partial charge in [-0.25, -0.2) is 18.6 Å². The van der Waals surface area contributed by atoms with Crippen LogP contribution < -0.4 is 19.7 Å². The van der Waals surface area contributed by atoms with Crippen molar-refractivity contribution < 1.29 is 27.5 Å². The third-order valence-corrected chi connectivity index (χ3v) is 6.28. The molecule has 0 aliphatic rings. The average Bonchev–Trinajstić information content (AvgIpc) is 2.81. The van der Waals surface area contributed by atoms with Crippen LogP contribution >= 0.6 is 11.6 Å². The van der Waals surface area contributed by atoms with Crippen LogP contribution in [0.3, 0.4) is 0 Å². The van der Waals surface area contributed by atoms with E-state index in [2.05, 4.69) is 22.0 Å². The molecule has 2 N–H and O–H groups in total. The van der Waals surface area contributed by atoms with Gasteiger partial charge in [0.2, 0.25) is 10.0 Å². The summed E-state index contributed by atoms with van der Waals surface area (Å²) in [6.45, 7) is 5.19. The van der Waals surface area contributed by atoms with Crippen molar-refractivity contribution in [2.45, 2.75) is 33.4 Å². The number of hydroxylamine groups is 1. The SMILES string of the molecule is CCS(=O)(=O)NC(C(=O)NOCc1ccc(OCC#Cc2ccc(Cl)cc2)c(OC)c1)C(C)C. The van der Waals surface area contributed by atoms with E-state index < -0.39 is 22.0 Å². The van der Waals surface area contributed by atoms with Crippen molar-refractivity contribution >= 4 is 27.5 Å². The highest BCUT2D eigenvalue weighted by atomic mass is 35.5. The van der Waals surface area contributed by atoms with Crippen molar-refractivity contribution in [3.05, 3.63) is 58.6 Å². The molecule has 2 aromatic carbocycles. The number of halogens is 1. The maximum Gasteiger partial charge on any atom is 0.261 e. The maximum absolute atomic E-state index is 12.4. The minimum Gasteiger partial charge on any atom is -0.493 e. The molecule has 0 saturated carbocycles. The predicted octanol–water partition coefficient (Wildman–Crippen LogP) is 3.29. The number of nitrogens with one attached hydrogen (secondary N) is 2. The number of amides is 1. The third kappa shape index (κ3) is 8.88. The maximum atomic E-state index is 12.4. The lowest BCUT2D eigenvalue weighted by Gasteiger charge is -2.21. The van der Waals surface area contributed by atoms with Crippen LogP contribution in [-0.2, 0) is 26.3 Å². The molecule has 0 bridgehead atoms. The first kappa shape index (κ1) is 27.5.